The Morgan fingerprint density at radius 3 is 2.32 bits per heavy atom. The van der Waals surface area contributed by atoms with Crippen LogP contribution in [0, 0.1) is 6.92 Å². The minimum Gasteiger partial charge on any atom is -0.398 e. The van der Waals surface area contributed by atoms with E-state index in [1.165, 1.54) is 4.31 Å². The Kier molecular flexibility index (Phi) is 5.37. The number of nitrogens with two attached hydrogens (primary N) is 1. The first-order valence-corrected chi connectivity index (χ1v) is 8.06. The van der Waals surface area contributed by atoms with E-state index in [2.05, 4.69) is 15.9 Å². The van der Waals surface area contributed by atoms with Crippen molar-refractivity contribution in [3.05, 3.63) is 22.2 Å². The quantitative estimate of drug-likeness (QED) is 0.818. The van der Waals surface area contributed by atoms with Gasteiger partial charge in [-0.05, 0) is 38.7 Å². The second-order valence-corrected chi connectivity index (χ2v) is 7.68. The minimum absolute atomic E-state index is 0.251. The smallest absolute Gasteiger partial charge is 0.243 e. The van der Waals surface area contributed by atoms with Gasteiger partial charge in [-0.15, -0.1) is 0 Å². The molecule has 0 aromatic heterocycles. The van der Waals surface area contributed by atoms with Crippen molar-refractivity contribution in [2.45, 2.75) is 11.8 Å². The molecule has 0 aliphatic rings. The summed E-state index contributed by atoms with van der Waals surface area (Å²) in [4.78, 5) is 2.19. The van der Waals surface area contributed by atoms with Gasteiger partial charge in [0, 0.05) is 30.3 Å². The van der Waals surface area contributed by atoms with Crippen LogP contribution in [-0.2, 0) is 10.0 Å². The third-order valence-electron chi connectivity index (χ3n) is 2.92. The molecule has 0 bridgehead atoms. The third-order valence-corrected chi connectivity index (χ3v) is 5.36. The monoisotopic (exact) mass is 349 g/mol. The number of nitrogen functional groups attached to an aromatic ring is 1. The molecule has 1 aromatic carbocycles. The molecule has 0 aliphatic heterocycles. The first-order chi connectivity index (χ1) is 8.66. The number of hydrogen-bond acceptors (Lipinski definition) is 4. The van der Waals surface area contributed by atoms with Crippen molar-refractivity contribution in [1.29, 1.82) is 0 Å². The number of sulfonamides is 1. The van der Waals surface area contributed by atoms with Crippen LogP contribution >= 0.6 is 15.9 Å². The molecule has 0 unspecified atom stereocenters. The van der Waals surface area contributed by atoms with Crippen LogP contribution < -0.4 is 5.73 Å². The Bertz CT molecular complexity index is 558. The minimum atomic E-state index is -3.51. The van der Waals surface area contributed by atoms with E-state index in [9.17, 15) is 8.42 Å². The van der Waals surface area contributed by atoms with E-state index in [-0.39, 0.29) is 4.90 Å². The molecule has 1 rings (SSSR count). The van der Waals surface area contributed by atoms with Gasteiger partial charge in [-0.1, -0.05) is 15.9 Å². The van der Waals surface area contributed by atoms with Crippen molar-refractivity contribution >= 4 is 31.6 Å². The standard InChI is InChI=1S/C12H20BrN3O2S/c1-9-11(14)7-10(13)8-12(9)19(17,18)16(4)6-5-15(2)3/h7-8H,5-6,14H2,1-4H3. The maximum absolute atomic E-state index is 12.5. The van der Waals surface area contributed by atoms with Crippen molar-refractivity contribution in [2.75, 3.05) is 40.0 Å². The topological polar surface area (TPSA) is 66.6 Å². The van der Waals surface area contributed by atoms with Crippen LogP contribution in [0.2, 0.25) is 0 Å². The van der Waals surface area contributed by atoms with E-state index >= 15 is 0 Å². The van der Waals surface area contributed by atoms with Gasteiger partial charge in [0.2, 0.25) is 10.0 Å². The molecule has 7 heteroatoms. The van der Waals surface area contributed by atoms with E-state index in [0.717, 1.165) is 0 Å². The summed E-state index contributed by atoms with van der Waals surface area (Å²) in [6, 6.07) is 3.29. The van der Waals surface area contributed by atoms with Gasteiger partial charge >= 0.3 is 0 Å². The molecule has 108 valence electrons. The van der Waals surface area contributed by atoms with Crippen molar-refractivity contribution in [3.63, 3.8) is 0 Å². The number of likely N-dealkylation sites (N-methyl/N-ethyl adjacent to an activating group) is 2. The third kappa shape index (κ3) is 3.92. The van der Waals surface area contributed by atoms with Crippen LogP contribution in [0.5, 0.6) is 0 Å². The van der Waals surface area contributed by atoms with Gasteiger partial charge in [-0.25, -0.2) is 8.42 Å². The van der Waals surface area contributed by atoms with Crippen LogP contribution in [0.1, 0.15) is 5.56 Å². The zero-order valence-electron chi connectivity index (χ0n) is 11.6. The average molecular weight is 350 g/mol. The van der Waals surface area contributed by atoms with Crippen molar-refractivity contribution < 1.29 is 8.42 Å². The highest BCUT2D eigenvalue weighted by Gasteiger charge is 2.24. The Hall–Kier alpha value is -0.630. The van der Waals surface area contributed by atoms with E-state index in [4.69, 9.17) is 5.73 Å². The van der Waals surface area contributed by atoms with E-state index < -0.39 is 10.0 Å². The molecule has 5 nitrogen and oxygen atoms in total. The van der Waals surface area contributed by atoms with Crippen LogP contribution in [0.15, 0.2) is 21.5 Å². The second kappa shape index (κ2) is 6.21. The molecule has 0 saturated heterocycles. The zero-order valence-corrected chi connectivity index (χ0v) is 14.0. The molecular weight excluding hydrogens is 330 g/mol. The van der Waals surface area contributed by atoms with Gasteiger partial charge in [0.15, 0.2) is 0 Å². The fourth-order valence-corrected chi connectivity index (χ4v) is 3.64. The highest BCUT2D eigenvalue weighted by molar-refractivity contribution is 9.10. The number of benzene rings is 1. The average Bonchev–Trinajstić information content (AvgIpc) is 2.30. The Balaban J connectivity index is 3.13. The van der Waals surface area contributed by atoms with E-state index in [1.807, 2.05) is 19.0 Å². The molecule has 0 radical (unpaired) electrons. The van der Waals surface area contributed by atoms with Crippen molar-refractivity contribution in [1.82, 2.24) is 9.21 Å². The van der Waals surface area contributed by atoms with E-state index in [0.29, 0.717) is 28.8 Å². The molecule has 0 fully saturated rings. The number of anilines is 1. The maximum atomic E-state index is 12.5. The first kappa shape index (κ1) is 16.4. The molecule has 0 heterocycles. The predicted molar refractivity (Wildman–Crippen MR) is 81.7 cm³/mol. The van der Waals surface area contributed by atoms with Gasteiger partial charge in [0.05, 0.1) is 4.90 Å². The molecule has 0 spiro atoms. The summed E-state index contributed by atoms with van der Waals surface area (Å²) >= 11 is 3.28. The molecule has 0 aliphatic carbocycles. The Morgan fingerprint density at radius 2 is 1.79 bits per heavy atom. The molecule has 1 aromatic rings. The molecule has 19 heavy (non-hydrogen) atoms. The molecule has 0 saturated carbocycles. The molecular formula is C12H20BrN3O2S. The molecule has 0 atom stereocenters. The summed E-state index contributed by atoms with van der Waals surface area (Å²) in [5, 5.41) is 0. The van der Waals surface area contributed by atoms with Crippen molar-refractivity contribution in [2.24, 2.45) is 0 Å². The van der Waals surface area contributed by atoms with Gasteiger partial charge in [0.1, 0.15) is 0 Å². The van der Waals surface area contributed by atoms with Gasteiger partial charge in [0.25, 0.3) is 0 Å². The lowest BCUT2D eigenvalue weighted by atomic mass is 10.2. The van der Waals surface area contributed by atoms with Gasteiger partial charge < -0.3 is 10.6 Å². The van der Waals surface area contributed by atoms with Gasteiger partial charge in [-0.2, -0.15) is 4.31 Å². The lowest BCUT2D eigenvalue weighted by Gasteiger charge is -2.21. The Labute approximate surface area is 123 Å². The number of rotatable bonds is 5. The zero-order chi connectivity index (χ0) is 14.8. The normalized spacial score (nSPS) is 12.4. The first-order valence-electron chi connectivity index (χ1n) is 5.83. The summed E-state index contributed by atoms with van der Waals surface area (Å²) < 4.78 is 27.0. The summed E-state index contributed by atoms with van der Waals surface area (Å²) in [5.74, 6) is 0. The fraction of sp³-hybridized carbons (Fsp3) is 0.500. The number of hydrogen-bond donors (Lipinski definition) is 1. The summed E-state index contributed by atoms with van der Waals surface area (Å²) in [7, 11) is 1.88. The van der Waals surface area contributed by atoms with Crippen LogP contribution in [0.25, 0.3) is 0 Å². The molecule has 0 amide bonds. The maximum Gasteiger partial charge on any atom is 0.243 e. The molecule has 2 N–H and O–H groups in total. The van der Waals surface area contributed by atoms with Crippen molar-refractivity contribution in [3.8, 4) is 0 Å². The van der Waals surface area contributed by atoms with E-state index in [1.54, 1.807) is 26.1 Å². The largest absolute Gasteiger partial charge is 0.398 e. The lowest BCUT2D eigenvalue weighted by Crippen LogP contribution is -2.34. The Morgan fingerprint density at radius 1 is 1.21 bits per heavy atom. The van der Waals surface area contributed by atoms with Crippen LogP contribution in [-0.4, -0.2) is 51.9 Å². The summed E-state index contributed by atoms with van der Waals surface area (Å²) in [6.07, 6.45) is 0. The highest BCUT2D eigenvalue weighted by atomic mass is 79.9. The lowest BCUT2D eigenvalue weighted by molar-refractivity contribution is 0.358. The van der Waals surface area contributed by atoms with Gasteiger partial charge in [-0.3, -0.25) is 0 Å². The summed E-state index contributed by atoms with van der Waals surface area (Å²) in [5.41, 5.74) is 6.87. The second-order valence-electron chi connectivity index (χ2n) is 4.75. The highest BCUT2D eigenvalue weighted by Crippen LogP contribution is 2.27. The predicted octanol–water partition coefficient (Wildman–Crippen LogP) is 1.52. The summed E-state index contributed by atoms with van der Waals surface area (Å²) in [6.45, 7) is 2.81. The van der Waals surface area contributed by atoms with Crippen LogP contribution in [0.4, 0.5) is 5.69 Å². The SMILES string of the molecule is Cc1c(N)cc(Br)cc1S(=O)(=O)N(C)CCN(C)C. The fourth-order valence-electron chi connectivity index (χ4n) is 1.57. The van der Waals surface area contributed by atoms with Crippen LogP contribution in [0.3, 0.4) is 0 Å². The number of halogens is 1. The number of nitrogens with zero attached hydrogens (tertiary/aromatic N) is 2.